The van der Waals surface area contributed by atoms with Crippen molar-refractivity contribution in [2.24, 2.45) is 5.92 Å². The number of carbonyl (C=O) groups excluding carboxylic acids is 1. The van der Waals surface area contributed by atoms with Gasteiger partial charge in [0.15, 0.2) is 0 Å². The lowest BCUT2D eigenvalue weighted by molar-refractivity contribution is 0.0738. The fraction of sp³-hybridized carbons (Fsp3) is 0.269. The van der Waals surface area contributed by atoms with Crippen LogP contribution in [-0.4, -0.2) is 58.6 Å². The Hall–Kier alpha value is -3.91. The number of anilines is 2. The molecule has 1 aliphatic heterocycles. The van der Waals surface area contributed by atoms with Crippen LogP contribution in [0.5, 0.6) is 5.75 Å². The average molecular weight is 458 g/mol. The number of methoxy groups -OCH3 is 1. The molecule has 1 aliphatic rings. The highest BCUT2D eigenvalue weighted by Crippen LogP contribution is 2.23. The summed E-state index contributed by atoms with van der Waals surface area (Å²) in [5.41, 5.74) is 3.49. The number of imidazole rings is 1. The Bertz CT molecular complexity index is 1270. The van der Waals surface area contributed by atoms with E-state index in [-0.39, 0.29) is 11.8 Å². The summed E-state index contributed by atoms with van der Waals surface area (Å²) < 4.78 is 13.1. The van der Waals surface area contributed by atoms with Crippen LogP contribution >= 0.6 is 0 Å². The van der Waals surface area contributed by atoms with E-state index in [0.717, 1.165) is 23.5 Å². The number of aromatic nitrogens is 3. The maximum absolute atomic E-state index is 13.6. The number of hydrogen-bond donors (Lipinski definition) is 1. The quantitative estimate of drug-likeness (QED) is 0.474. The molecule has 0 radical (unpaired) electrons. The summed E-state index contributed by atoms with van der Waals surface area (Å²) in [5, 5.41) is 3.27. The lowest BCUT2D eigenvalue weighted by atomic mass is 10.0. The number of pyridine rings is 2. The Kier molecular flexibility index (Phi) is 6.40. The summed E-state index contributed by atoms with van der Waals surface area (Å²) in [6.07, 6.45) is 8.33. The predicted molar refractivity (Wildman–Crippen MR) is 130 cm³/mol. The first-order valence-corrected chi connectivity index (χ1v) is 11.3. The van der Waals surface area contributed by atoms with Gasteiger partial charge in [-0.15, -0.1) is 0 Å². The molecule has 8 nitrogen and oxygen atoms in total. The molecule has 174 valence electrons. The van der Waals surface area contributed by atoms with Crippen molar-refractivity contribution in [1.82, 2.24) is 19.3 Å². The van der Waals surface area contributed by atoms with Crippen molar-refractivity contribution >= 4 is 23.1 Å². The Morgan fingerprint density at radius 3 is 2.88 bits per heavy atom. The number of ether oxygens (including phenoxy) is 2. The van der Waals surface area contributed by atoms with Gasteiger partial charge in [0.25, 0.3) is 5.91 Å². The zero-order valence-electron chi connectivity index (χ0n) is 19.1. The molecule has 0 saturated carbocycles. The standard InChI is InChI=1S/C26H27N5O3/c1-33-22-7-5-21(6-8-22)29-25-23(3-2-10-28-25)26(32)31-13-14-34-18-20(17-31)15-19-4-9-24-27-11-12-30(24)16-19/h2-12,16,20H,13-15,17-18H2,1H3,(H,28,29)/t20-/m1/s1. The van der Waals surface area contributed by atoms with E-state index in [1.54, 1.807) is 25.6 Å². The SMILES string of the molecule is COc1ccc(Nc2ncccc2C(=O)N2CCOC[C@H](Cc3ccc4nccn4c3)C2)cc1. The van der Waals surface area contributed by atoms with E-state index in [4.69, 9.17) is 9.47 Å². The van der Waals surface area contributed by atoms with Crippen molar-refractivity contribution in [2.45, 2.75) is 6.42 Å². The third kappa shape index (κ3) is 4.87. The number of fused-ring (bicyclic) bond motifs is 1. The van der Waals surface area contributed by atoms with E-state index < -0.39 is 0 Å². The lowest BCUT2D eigenvalue weighted by Crippen LogP contribution is -2.36. The van der Waals surface area contributed by atoms with Gasteiger partial charge < -0.3 is 24.1 Å². The second-order valence-corrected chi connectivity index (χ2v) is 8.38. The highest BCUT2D eigenvalue weighted by molar-refractivity contribution is 5.99. The minimum absolute atomic E-state index is 0.0512. The summed E-state index contributed by atoms with van der Waals surface area (Å²) in [4.78, 5) is 24.2. The Morgan fingerprint density at radius 2 is 2.03 bits per heavy atom. The van der Waals surface area contributed by atoms with Crippen LogP contribution < -0.4 is 10.1 Å². The molecule has 0 spiro atoms. The number of hydrogen-bond acceptors (Lipinski definition) is 6. The average Bonchev–Trinajstić information content (AvgIpc) is 3.21. The number of nitrogens with one attached hydrogen (secondary N) is 1. The largest absolute Gasteiger partial charge is 0.497 e. The third-order valence-electron chi connectivity index (χ3n) is 5.99. The van der Waals surface area contributed by atoms with E-state index >= 15 is 0 Å². The van der Waals surface area contributed by atoms with Gasteiger partial charge in [-0.25, -0.2) is 9.97 Å². The van der Waals surface area contributed by atoms with Crippen molar-refractivity contribution in [2.75, 3.05) is 38.7 Å². The van der Waals surface area contributed by atoms with Gasteiger partial charge in [-0.1, -0.05) is 6.07 Å². The fourth-order valence-electron chi connectivity index (χ4n) is 4.27. The molecule has 8 heteroatoms. The van der Waals surface area contributed by atoms with Crippen LogP contribution in [0.15, 0.2) is 73.3 Å². The molecule has 1 aromatic carbocycles. The molecular weight excluding hydrogens is 430 g/mol. The molecule has 0 unspecified atom stereocenters. The Balaban J connectivity index is 1.32. The van der Waals surface area contributed by atoms with Crippen LogP contribution in [0.25, 0.3) is 5.65 Å². The molecule has 0 bridgehead atoms. The van der Waals surface area contributed by atoms with Crippen LogP contribution in [0.3, 0.4) is 0 Å². The van der Waals surface area contributed by atoms with Crippen LogP contribution in [0.1, 0.15) is 15.9 Å². The van der Waals surface area contributed by atoms with Gasteiger partial charge in [0.2, 0.25) is 0 Å². The van der Waals surface area contributed by atoms with E-state index in [1.165, 1.54) is 5.56 Å². The topological polar surface area (TPSA) is 81.0 Å². The summed E-state index contributed by atoms with van der Waals surface area (Å²) in [7, 11) is 1.63. The minimum atomic E-state index is -0.0512. The molecule has 1 N–H and O–H groups in total. The Labute approximate surface area is 198 Å². The lowest BCUT2D eigenvalue weighted by Gasteiger charge is -2.24. The number of benzene rings is 1. The van der Waals surface area contributed by atoms with Gasteiger partial charge in [-0.3, -0.25) is 4.79 Å². The van der Waals surface area contributed by atoms with Crippen molar-refractivity contribution in [1.29, 1.82) is 0 Å². The van der Waals surface area contributed by atoms with Crippen molar-refractivity contribution in [3.05, 3.63) is 84.4 Å². The molecule has 1 amide bonds. The van der Waals surface area contributed by atoms with Crippen molar-refractivity contribution in [3.63, 3.8) is 0 Å². The van der Waals surface area contributed by atoms with Gasteiger partial charge in [0.1, 0.15) is 17.2 Å². The maximum atomic E-state index is 13.6. The molecule has 5 rings (SSSR count). The molecule has 34 heavy (non-hydrogen) atoms. The van der Waals surface area contributed by atoms with Crippen LogP contribution in [0.2, 0.25) is 0 Å². The normalized spacial score (nSPS) is 16.3. The molecule has 1 saturated heterocycles. The van der Waals surface area contributed by atoms with Gasteiger partial charge in [0.05, 0.1) is 25.9 Å². The molecular formula is C26H27N5O3. The van der Waals surface area contributed by atoms with Crippen LogP contribution in [0.4, 0.5) is 11.5 Å². The Morgan fingerprint density at radius 1 is 1.15 bits per heavy atom. The zero-order valence-corrected chi connectivity index (χ0v) is 19.1. The van der Waals surface area contributed by atoms with Crippen molar-refractivity contribution < 1.29 is 14.3 Å². The zero-order chi connectivity index (χ0) is 23.3. The summed E-state index contributed by atoms with van der Waals surface area (Å²) in [5.74, 6) is 1.45. The van der Waals surface area contributed by atoms with Gasteiger partial charge in [0, 0.05) is 49.5 Å². The van der Waals surface area contributed by atoms with Crippen molar-refractivity contribution in [3.8, 4) is 5.75 Å². The van der Waals surface area contributed by atoms with E-state index in [1.807, 2.05) is 51.9 Å². The number of amides is 1. The summed E-state index contributed by atoms with van der Waals surface area (Å²) >= 11 is 0. The van der Waals surface area contributed by atoms with Gasteiger partial charge >= 0.3 is 0 Å². The highest BCUT2D eigenvalue weighted by Gasteiger charge is 2.25. The number of carbonyl (C=O) groups is 1. The summed E-state index contributed by atoms with van der Waals surface area (Å²) in [6.45, 7) is 2.31. The molecule has 3 aromatic heterocycles. The predicted octanol–water partition coefficient (Wildman–Crippen LogP) is 3.81. The molecule has 1 atom stereocenters. The number of rotatable bonds is 6. The fourth-order valence-corrected chi connectivity index (χ4v) is 4.27. The first-order valence-electron chi connectivity index (χ1n) is 11.3. The first kappa shape index (κ1) is 21.9. The minimum Gasteiger partial charge on any atom is -0.497 e. The summed E-state index contributed by atoms with van der Waals surface area (Å²) in [6, 6.07) is 15.2. The first-order chi connectivity index (χ1) is 16.7. The maximum Gasteiger partial charge on any atom is 0.257 e. The van der Waals surface area contributed by atoms with E-state index in [2.05, 4.69) is 27.5 Å². The number of nitrogens with zero attached hydrogens (tertiary/aromatic N) is 4. The van der Waals surface area contributed by atoms with Gasteiger partial charge in [-0.2, -0.15) is 0 Å². The molecule has 4 heterocycles. The smallest absolute Gasteiger partial charge is 0.257 e. The van der Waals surface area contributed by atoms with Crippen LogP contribution in [0, 0.1) is 5.92 Å². The molecule has 1 fully saturated rings. The van der Waals surface area contributed by atoms with Crippen LogP contribution in [-0.2, 0) is 11.2 Å². The van der Waals surface area contributed by atoms with E-state index in [0.29, 0.717) is 37.7 Å². The highest BCUT2D eigenvalue weighted by atomic mass is 16.5. The van der Waals surface area contributed by atoms with Gasteiger partial charge in [-0.05, 0) is 54.4 Å². The monoisotopic (exact) mass is 457 g/mol. The van der Waals surface area contributed by atoms with E-state index in [9.17, 15) is 4.79 Å². The second-order valence-electron chi connectivity index (χ2n) is 8.38. The molecule has 4 aromatic rings. The third-order valence-corrected chi connectivity index (χ3v) is 5.99. The molecule has 0 aliphatic carbocycles. The second kappa shape index (κ2) is 9.93.